The summed E-state index contributed by atoms with van der Waals surface area (Å²) >= 11 is 0. The van der Waals surface area contributed by atoms with Crippen LogP contribution in [-0.2, 0) is 28.7 Å². The van der Waals surface area contributed by atoms with E-state index in [0.29, 0.717) is 75.2 Å². The van der Waals surface area contributed by atoms with Crippen molar-refractivity contribution in [3.05, 3.63) is 35.0 Å². The number of nitrogens with one attached hydrogen (secondary N) is 2. The molecule has 2 heterocycles. The number of aliphatic carboxylic acids is 1. The number of amides is 2. The van der Waals surface area contributed by atoms with Crippen LogP contribution in [0.15, 0.2) is 29.5 Å². The van der Waals surface area contributed by atoms with Gasteiger partial charge in [-0.25, -0.2) is 4.98 Å². The Morgan fingerprint density at radius 2 is 1.63 bits per heavy atom. The highest BCUT2D eigenvalue weighted by Gasteiger charge is 2.70. The number of pyridine rings is 1. The lowest BCUT2D eigenvalue weighted by Gasteiger charge is -2.71. The number of morpholine rings is 1. The van der Waals surface area contributed by atoms with Crippen LogP contribution in [-0.4, -0.2) is 83.1 Å². The number of carbonyl (C=O) groups excluding carboxylic acids is 4. The quantitative estimate of drug-likeness (QED) is 0.210. The van der Waals surface area contributed by atoms with Gasteiger partial charge in [0.15, 0.2) is 5.78 Å². The Hall–Kier alpha value is -3.80. The van der Waals surface area contributed by atoms with Crippen molar-refractivity contribution in [1.82, 2.24) is 15.6 Å². The van der Waals surface area contributed by atoms with Gasteiger partial charge in [-0.15, -0.1) is 0 Å². The van der Waals surface area contributed by atoms with Gasteiger partial charge in [-0.1, -0.05) is 55.4 Å². The number of carbonyl (C=O) groups is 5. The molecule has 2 unspecified atom stereocenters. The molecule has 1 aromatic rings. The molecular weight excluding hydrogens is 797 g/mol. The third-order valence-corrected chi connectivity index (χ3v) is 19.8. The van der Waals surface area contributed by atoms with Gasteiger partial charge in [0, 0.05) is 25.7 Å². The number of carboxylic acids is 1. The first kappa shape index (κ1) is 44.4. The molecule has 7 fully saturated rings. The summed E-state index contributed by atoms with van der Waals surface area (Å²) < 4.78 is 11.9. The summed E-state index contributed by atoms with van der Waals surface area (Å²) in [7, 11) is 0. The molecule has 3 N–H and O–H groups in total. The van der Waals surface area contributed by atoms with E-state index in [1.165, 1.54) is 5.57 Å². The maximum Gasteiger partial charge on any atom is 0.309 e. The first-order valence-corrected chi connectivity index (χ1v) is 24.4. The van der Waals surface area contributed by atoms with Gasteiger partial charge in [0.05, 0.1) is 36.2 Å². The number of carboxylic acid groups (broad SMARTS) is 1. The van der Waals surface area contributed by atoms with Crippen LogP contribution in [0.3, 0.4) is 0 Å². The summed E-state index contributed by atoms with van der Waals surface area (Å²) in [5.41, 5.74) is 0.0318. The second-order valence-corrected chi connectivity index (χ2v) is 23.0. The second kappa shape index (κ2) is 15.4. The number of allylic oxidation sites excluding steroid dienone is 1. The number of Topliss-reactive ketones (excluding diaryl/α,β-unsaturated/α-hetero) is 1. The molecule has 63 heavy (non-hydrogen) atoms. The first-order chi connectivity index (χ1) is 29.7. The number of ether oxygens (including phenoxy) is 2. The number of fused-ring (bicyclic) bond motifs is 7. The molecule has 1 saturated heterocycles. The molecular formula is C51H72N4O8. The Balaban J connectivity index is 0.948. The minimum atomic E-state index is -1.06. The Labute approximate surface area is 373 Å². The molecule has 11 atom stereocenters. The van der Waals surface area contributed by atoms with Crippen molar-refractivity contribution in [2.24, 2.45) is 63.1 Å². The van der Waals surface area contributed by atoms with E-state index in [2.05, 4.69) is 62.1 Å². The molecule has 0 aromatic carbocycles. The number of hydrogen-bond acceptors (Lipinski definition) is 9. The van der Waals surface area contributed by atoms with Crippen molar-refractivity contribution in [2.75, 3.05) is 31.2 Å². The van der Waals surface area contributed by atoms with Crippen molar-refractivity contribution in [2.45, 2.75) is 156 Å². The highest BCUT2D eigenvalue weighted by Crippen LogP contribution is 2.75. The van der Waals surface area contributed by atoms with E-state index in [0.717, 1.165) is 56.9 Å². The van der Waals surface area contributed by atoms with Crippen LogP contribution in [0, 0.1) is 63.1 Å². The molecule has 9 rings (SSSR count). The zero-order valence-corrected chi connectivity index (χ0v) is 39.1. The number of nitrogens with zero attached hydrogens (tertiary/aromatic N) is 2. The highest BCUT2D eigenvalue weighted by atomic mass is 16.5. The van der Waals surface area contributed by atoms with E-state index in [-0.39, 0.29) is 70.1 Å². The van der Waals surface area contributed by atoms with Crippen LogP contribution < -0.4 is 15.5 Å². The van der Waals surface area contributed by atoms with Crippen molar-refractivity contribution in [1.29, 1.82) is 0 Å². The predicted octanol–water partition coefficient (Wildman–Crippen LogP) is 7.69. The largest absolute Gasteiger partial charge is 0.481 e. The predicted molar refractivity (Wildman–Crippen MR) is 237 cm³/mol. The summed E-state index contributed by atoms with van der Waals surface area (Å²) in [6.45, 7) is 20.3. The lowest BCUT2D eigenvalue weighted by molar-refractivity contribution is -0.217. The Bertz CT molecular complexity index is 2110. The number of esters is 1. The molecule has 12 heteroatoms. The fourth-order valence-electron chi connectivity index (χ4n) is 15.6. The summed E-state index contributed by atoms with van der Waals surface area (Å²) in [4.78, 5) is 75.5. The van der Waals surface area contributed by atoms with Gasteiger partial charge in [0.25, 0.3) is 5.91 Å². The third-order valence-electron chi connectivity index (χ3n) is 19.8. The van der Waals surface area contributed by atoms with Crippen LogP contribution in [0.5, 0.6) is 0 Å². The fraction of sp³-hybridized carbons (Fsp3) is 0.765. The fourth-order valence-corrected chi connectivity index (χ4v) is 15.6. The van der Waals surface area contributed by atoms with Crippen LogP contribution >= 0.6 is 0 Å². The molecule has 6 saturated carbocycles. The highest BCUT2D eigenvalue weighted by molar-refractivity contribution is 6.05. The molecule has 0 radical (unpaired) electrons. The van der Waals surface area contributed by atoms with E-state index in [1.807, 2.05) is 13.8 Å². The smallest absolute Gasteiger partial charge is 0.309 e. The summed E-state index contributed by atoms with van der Waals surface area (Å²) in [6.07, 6.45) is 11.5. The summed E-state index contributed by atoms with van der Waals surface area (Å²) in [5, 5.41) is 16.5. The van der Waals surface area contributed by atoms with Gasteiger partial charge >= 0.3 is 11.9 Å². The summed E-state index contributed by atoms with van der Waals surface area (Å²) in [5.74, 6) is -0.504. The van der Waals surface area contributed by atoms with E-state index >= 15 is 0 Å². The maximum absolute atomic E-state index is 14.9. The van der Waals surface area contributed by atoms with Gasteiger partial charge in [0.1, 0.15) is 17.5 Å². The standard InChI is InChI=1S/C51H72N4O8/c1-29(2)39-36(56)28-51(54-45(61)50(16-10-17-50)53-42(57)31-11-9-22-52-41(31)55-23-25-62-26-24-55)21-20-48(7)33(40(39)51)12-13-38-47(6)18-15-37(30(3)32(47)14-19-49(38,48)8)63-44(60)35-27-34(43(58)59)46(35,4)5/h9,11,22,29-30,32-35,37-38H,10,12-21,23-28H2,1-8H3,(H,53,57)(H,54,61)(H,58,59)/t30-,32?,33-,34+,35-,37+,38?,47+,48-,49-,51-/m1/s1. The van der Waals surface area contributed by atoms with Crippen LogP contribution in [0.25, 0.3) is 0 Å². The minimum Gasteiger partial charge on any atom is -0.481 e. The molecule has 8 aliphatic rings. The van der Waals surface area contributed by atoms with Crippen molar-refractivity contribution >= 4 is 35.4 Å². The Morgan fingerprint density at radius 3 is 2.29 bits per heavy atom. The maximum atomic E-state index is 14.9. The monoisotopic (exact) mass is 869 g/mol. The summed E-state index contributed by atoms with van der Waals surface area (Å²) in [6, 6.07) is 3.55. The van der Waals surface area contributed by atoms with Gasteiger partial charge in [-0.2, -0.15) is 0 Å². The van der Waals surface area contributed by atoms with Gasteiger partial charge in [-0.3, -0.25) is 24.0 Å². The number of rotatable bonds is 9. The molecule has 0 bridgehead atoms. The van der Waals surface area contributed by atoms with E-state index in [9.17, 15) is 29.1 Å². The first-order valence-electron chi connectivity index (χ1n) is 24.4. The lowest BCUT2D eigenvalue weighted by Crippen LogP contribution is -2.69. The molecule has 7 aliphatic carbocycles. The molecule has 1 aliphatic heterocycles. The van der Waals surface area contributed by atoms with Gasteiger partial charge in [-0.05, 0) is 152 Å². The number of ketones is 1. The SMILES string of the molecule is CC(C)C1=C2[C@H]3CCC4[C@@]5(C)CC[C@H](OC(=O)[C@H]6C[C@@H](C(=O)O)C6(C)C)[C@H](C)C5CC[C@@]4(C)[C@]3(C)CC[C@@]2(NC(=O)C2(NC(=O)c3cccnc3N3CCOCC3)CCC2)CC1=O. The van der Waals surface area contributed by atoms with Crippen molar-refractivity contribution in [3.63, 3.8) is 0 Å². The molecule has 344 valence electrons. The van der Waals surface area contributed by atoms with Crippen LogP contribution in [0.4, 0.5) is 5.82 Å². The normalized spacial score (nSPS) is 40.0. The van der Waals surface area contributed by atoms with Crippen molar-refractivity contribution in [3.8, 4) is 0 Å². The van der Waals surface area contributed by atoms with Gasteiger partial charge in [0.2, 0.25) is 5.91 Å². The van der Waals surface area contributed by atoms with Crippen LogP contribution in [0.2, 0.25) is 0 Å². The Morgan fingerprint density at radius 1 is 0.905 bits per heavy atom. The Kier molecular flexibility index (Phi) is 10.9. The average Bonchev–Trinajstić information content (AvgIpc) is 3.51. The molecule has 1 aromatic heterocycles. The van der Waals surface area contributed by atoms with E-state index < -0.39 is 34.3 Å². The average molecular weight is 869 g/mol. The molecule has 2 amide bonds. The number of hydrogen-bond donors (Lipinski definition) is 3. The lowest BCUT2D eigenvalue weighted by atomic mass is 9.34. The van der Waals surface area contributed by atoms with E-state index in [4.69, 9.17) is 9.47 Å². The third kappa shape index (κ3) is 6.58. The van der Waals surface area contributed by atoms with Gasteiger partial charge < -0.3 is 30.1 Å². The molecule has 12 nitrogen and oxygen atoms in total. The van der Waals surface area contributed by atoms with E-state index in [1.54, 1.807) is 18.3 Å². The molecule has 0 spiro atoms. The zero-order valence-electron chi connectivity index (χ0n) is 39.1. The van der Waals surface area contributed by atoms with Crippen LogP contribution in [0.1, 0.15) is 149 Å². The minimum absolute atomic E-state index is 0.00578. The number of anilines is 1. The zero-order chi connectivity index (χ0) is 45.1. The van der Waals surface area contributed by atoms with Crippen molar-refractivity contribution < 1.29 is 38.6 Å². The topological polar surface area (TPSA) is 164 Å². The second-order valence-electron chi connectivity index (χ2n) is 23.0. The number of aromatic nitrogens is 1.